The number of fused-ring (bicyclic) bond motifs is 3. The van der Waals surface area contributed by atoms with Gasteiger partial charge in [-0.3, -0.25) is 19.9 Å². The van der Waals surface area contributed by atoms with Crippen molar-refractivity contribution < 1.29 is 23.6 Å². The molecule has 0 spiro atoms. The first-order valence-electron chi connectivity index (χ1n) is 8.12. The zero-order valence-corrected chi connectivity index (χ0v) is 15.1. The van der Waals surface area contributed by atoms with Crippen molar-refractivity contribution in [2.45, 2.75) is 18.1 Å². The summed E-state index contributed by atoms with van der Waals surface area (Å²) in [7, 11) is 1.71. The minimum absolute atomic E-state index is 0.284. The van der Waals surface area contributed by atoms with Crippen molar-refractivity contribution in [3.8, 4) is 0 Å². The van der Waals surface area contributed by atoms with Crippen LogP contribution in [0, 0.1) is 6.92 Å². The number of carbonyl (C=O) groups is 2. The molecule has 0 aliphatic carbocycles. The maximum Gasteiger partial charge on any atom is 0.260 e. The summed E-state index contributed by atoms with van der Waals surface area (Å²) < 4.78 is 25.2. The van der Waals surface area contributed by atoms with Crippen molar-refractivity contribution in [2.24, 2.45) is 0 Å². The molecule has 3 heterocycles. The minimum atomic E-state index is -1.47. The average Bonchev–Trinajstić information content (AvgIpc) is 3.22. The van der Waals surface area contributed by atoms with Crippen LogP contribution >= 0.6 is 0 Å². The normalized spacial score (nSPS) is 18.6. The lowest BCUT2D eigenvalue weighted by molar-refractivity contribution is -0.0482. The number of aromatic nitrogens is 1. The Hall–Kier alpha value is -2.04. The number of nitrogens with zero attached hydrogens (tertiary/aromatic N) is 2. The van der Waals surface area contributed by atoms with E-state index >= 15 is 0 Å². The quantitative estimate of drug-likeness (QED) is 0.621. The Bertz CT molecular complexity index is 913. The molecule has 1 aromatic carbocycles. The van der Waals surface area contributed by atoms with Crippen molar-refractivity contribution in [2.75, 3.05) is 26.8 Å². The molecular formula is C17H17N3O5S. The number of hydrogen-bond acceptors (Lipinski definition) is 7. The third kappa shape index (κ3) is 2.87. The van der Waals surface area contributed by atoms with Crippen LogP contribution in [0.4, 0.5) is 0 Å². The van der Waals surface area contributed by atoms with Gasteiger partial charge in [-0.25, -0.2) is 0 Å². The van der Waals surface area contributed by atoms with E-state index in [4.69, 9.17) is 9.47 Å². The molecule has 1 N–H and O–H groups in total. The maximum atomic E-state index is 12.8. The molecule has 2 aliphatic heterocycles. The average molecular weight is 375 g/mol. The molecule has 1 atom stereocenters. The second-order valence-electron chi connectivity index (χ2n) is 6.14. The third-order valence-electron chi connectivity index (χ3n) is 4.40. The van der Waals surface area contributed by atoms with Crippen molar-refractivity contribution in [3.05, 3.63) is 35.0 Å². The third-order valence-corrected chi connectivity index (χ3v) is 5.77. The van der Waals surface area contributed by atoms with E-state index in [0.717, 1.165) is 0 Å². The number of likely N-dealkylation sites (N-methyl/N-ethyl adjacent to an activating group) is 1. The molecule has 8 nitrogen and oxygen atoms in total. The zero-order chi connectivity index (χ0) is 18.4. The van der Waals surface area contributed by atoms with Crippen molar-refractivity contribution in [3.63, 3.8) is 0 Å². The molecule has 1 aromatic heterocycles. The summed E-state index contributed by atoms with van der Waals surface area (Å²) in [5.74, 6) is -0.902. The summed E-state index contributed by atoms with van der Waals surface area (Å²) in [4.78, 5) is 29.1. The molecule has 1 fully saturated rings. The van der Waals surface area contributed by atoms with Crippen LogP contribution in [-0.4, -0.2) is 58.8 Å². The predicted molar refractivity (Wildman–Crippen MR) is 93.0 cm³/mol. The van der Waals surface area contributed by atoms with Crippen LogP contribution in [0.3, 0.4) is 0 Å². The van der Waals surface area contributed by atoms with Crippen LogP contribution in [0.2, 0.25) is 0 Å². The highest BCUT2D eigenvalue weighted by atomic mass is 32.2. The van der Waals surface area contributed by atoms with E-state index in [-0.39, 0.29) is 5.56 Å². The van der Waals surface area contributed by atoms with Gasteiger partial charge < -0.3 is 14.0 Å². The van der Waals surface area contributed by atoms with E-state index < -0.39 is 29.5 Å². The monoisotopic (exact) mass is 375 g/mol. The lowest BCUT2D eigenvalue weighted by Gasteiger charge is -2.22. The van der Waals surface area contributed by atoms with Crippen LogP contribution in [-0.2, 0) is 20.8 Å². The van der Waals surface area contributed by atoms with Crippen molar-refractivity contribution in [1.82, 2.24) is 14.6 Å². The molecule has 4 rings (SSSR count). The second kappa shape index (κ2) is 6.60. The summed E-state index contributed by atoms with van der Waals surface area (Å²) in [6.07, 6.45) is -0.402. The molecular weight excluding hydrogens is 358 g/mol. The fourth-order valence-corrected chi connectivity index (χ4v) is 4.21. The Morgan fingerprint density at radius 3 is 2.69 bits per heavy atom. The Morgan fingerprint density at radius 1 is 1.27 bits per heavy atom. The highest BCUT2D eigenvalue weighted by Gasteiger charge is 2.33. The topological polar surface area (TPSA) is 104 Å². The van der Waals surface area contributed by atoms with E-state index in [2.05, 4.69) is 10.3 Å². The van der Waals surface area contributed by atoms with E-state index in [9.17, 15) is 14.1 Å². The fourth-order valence-electron chi connectivity index (χ4n) is 3.19. The van der Waals surface area contributed by atoms with Gasteiger partial charge in [0.15, 0.2) is 11.2 Å². The largest absolute Gasteiger partial charge is 0.593 e. The fraction of sp³-hybridized carbons (Fsp3) is 0.353. The van der Waals surface area contributed by atoms with Gasteiger partial charge in [0.2, 0.25) is 0 Å². The van der Waals surface area contributed by atoms with Gasteiger partial charge in [-0.15, -0.1) is 4.31 Å². The van der Waals surface area contributed by atoms with Gasteiger partial charge in [0.1, 0.15) is 0 Å². The van der Waals surface area contributed by atoms with Crippen LogP contribution < -0.4 is 5.32 Å². The smallest absolute Gasteiger partial charge is 0.260 e. The molecule has 136 valence electrons. The maximum absolute atomic E-state index is 12.8. The second-order valence-corrected chi connectivity index (χ2v) is 7.73. The van der Waals surface area contributed by atoms with Gasteiger partial charge in [0.25, 0.3) is 11.8 Å². The molecule has 2 amide bonds. The Kier molecular flexibility index (Phi) is 4.41. The summed E-state index contributed by atoms with van der Waals surface area (Å²) in [5, 5.41) is 2.81. The Labute approximate surface area is 152 Å². The van der Waals surface area contributed by atoms with Gasteiger partial charge in [-0.1, -0.05) is 0 Å². The number of nitrogens with one attached hydrogen (secondary N) is 1. The van der Waals surface area contributed by atoms with E-state index in [0.29, 0.717) is 46.8 Å². The number of ether oxygens (including phenoxy) is 2. The Balaban J connectivity index is 1.71. The first kappa shape index (κ1) is 17.4. The first-order valence-corrected chi connectivity index (χ1v) is 9.22. The molecule has 0 radical (unpaired) electrons. The molecule has 26 heavy (non-hydrogen) atoms. The molecule has 9 heteroatoms. The van der Waals surface area contributed by atoms with Gasteiger partial charge in [0.05, 0.1) is 53.5 Å². The summed E-state index contributed by atoms with van der Waals surface area (Å²) in [5.41, 5.74) is 1.65. The van der Waals surface area contributed by atoms with Crippen LogP contribution in [0.15, 0.2) is 23.1 Å². The number of amides is 2. The highest BCUT2D eigenvalue weighted by Crippen LogP contribution is 2.29. The molecule has 2 aromatic rings. The number of carbonyl (C=O) groups excluding carboxylic acids is 2. The summed E-state index contributed by atoms with van der Waals surface area (Å²) in [6, 6.07) is 5.07. The van der Waals surface area contributed by atoms with Crippen LogP contribution in [0.25, 0.3) is 10.9 Å². The number of rotatable bonds is 4. The van der Waals surface area contributed by atoms with E-state index in [1.807, 2.05) is 0 Å². The summed E-state index contributed by atoms with van der Waals surface area (Å²) in [6.45, 7) is 3.11. The van der Waals surface area contributed by atoms with Gasteiger partial charge in [0, 0.05) is 18.5 Å². The van der Waals surface area contributed by atoms with Crippen molar-refractivity contribution in [1.29, 1.82) is 0 Å². The first-order chi connectivity index (χ1) is 12.5. The molecule has 1 saturated heterocycles. The highest BCUT2D eigenvalue weighted by molar-refractivity contribution is 7.89. The summed E-state index contributed by atoms with van der Waals surface area (Å²) >= 11 is -1.47. The van der Waals surface area contributed by atoms with Gasteiger partial charge in [-0.2, -0.15) is 0 Å². The molecule has 0 saturated carbocycles. The molecule has 1 unspecified atom stereocenters. The van der Waals surface area contributed by atoms with E-state index in [1.54, 1.807) is 36.5 Å². The lowest BCUT2D eigenvalue weighted by atomic mass is 10.0. The number of hydrogen-bond donors (Lipinski definition) is 1. The number of aryl methyl sites for hydroxylation is 1. The number of imide groups is 1. The number of benzene rings is 1. The zero-order valence-electron chi connectivity index (χ0n) is 14.3. The molecule has 0 bridgehead atoms. The minimum Gasteiger partial charge on any atom is -0.593 e. The van der Waals surface area contributed by atoms with E-state index in [1.165, 1.54) is 0 Å². The van der Waals surface area contributed by atoms with Crippen LogP contribution in [0.1, 0.15) is 26.4 Å². The SMILES string of the molecule is Cc1nc2ccc([S+]([O-])N(C)CC3OCCO3)cc2c2c1C(=O)NC2=O. The standard InChI is InChI=1S/C17H17N3O5S/c1-9-14-15(17(22)19-16(14)21)11-7-10(3-4-12(11)18-9)26(23)20(2)8-13-24-5-6-25-13/h3-4,7,13H,5-6,8H2,1-2H3,(H,19,21,22). The Morgan fingerprint density at radius 2 is 1.96 bits per heavy atom. The van der Waals surface area contributed by atoms with Gasteiger partial charge >= 0.3 is 0 Å². The van der Waals surface area contributed by atoms with Crippen LogP contribution in [0.5, 0.6) is 0 Å². The van der Waals surface area contributed by atoms with Crippen molar-refractivity contribution >= 4 is 34.1 Å². The van der Waals surface area contributed by atoms with Gasteiger partial charge in [-0.05, 0) is 19.1 Å². The lowest BCUT2D eigenvalue weighted by Crippen LogP contribution is -2.34. The predicted octanol–water partition coefficient (Wildman–Crippen LogP) is 0.754. The number of pyridine rings is 1. The molecule has 2 aliphatic rings.